The standard InChI is InChI=1S/C15H25N5/c1-3-16-7-13-8-17-15(18-9-13)20-11-14-5-4-6-19(14)10-12(20)2/h8-9,12,14,16H,3-7,10-11H2,1-2H3. The molecule has 20 heavy (non-hydrogen) atoms. The summed E-state index contributed by atoms with van der Waals surface area (Å²) < 4.78 is 0. The highest BCUT2D eigenvalue weighted by Crippen LogP contribution is 2.26. The first-order chi connectivity index (χ1) is 9.78. The van der Waals surface area contributed by atoms with E-state index in [1.54, 1.807) is 0 Å². The molecule has 0 bridgehead atoms. The third-order valence-electron chi connectivity index (χ3n) is 4.47. The van der Waals surface area contributed by atoms with Crippen molar-refractivity contribution in [3.63, 3.8) is 0 Å². The average molecular weight is 275 g/mol. The van der Waals surface area contributed by atoms with Gasteiger partial charge >= 0.3 is 0 Å². The summed E-state index contributed by atoms with van der Waals surface area (Å²) in [6.07, 6.45) is 6.58. The van der Waals surface area contributed by atoms with Gasteiger partial charge < -0.3 is 10.2 Å². The summed E-state index contributed by atoms with van der Waals surface area (Å²) in [5, 5.41) is 3.30. The lowest BCUT2D eigenvalue weighted by molar-refractivity contribution is 0.201. The predicted molar refractivity (Wildman–Crippen MR) is 80.8 cm³/mol. The normalized spacial score (nSPS) is 26.8. The van der Waals surface area contributed by atoms with Crippen LogP contribution in [0.5, 0.6) is 0 Å². The molecule has 1 aromatic heterocycles. The smallest absolute Gasteiger partial charge is 0.225 e. The van der Waals surface area contributed by atoms with Crippen LogP contribution < -0.4 is 10.2 Å². The van der Waals surface area contributed by atoms with Gasteiger partial charge in [-0.2, -0.15) is 0 Å². The maximum atomic E-state index is 4.58. The first-order valence-electron chi connectivity index (χ1n) is 7.80. The van der Waals surface area contributed by atoms with Gasteiger partial charge in [0.1, 0.15) is 0 Å². The van der Waals surface area contributed by atoms with Gasteiger partial charge in [-0.15, -0.1) is 0 Å². The number of nitrogens with one attached hydrogen (secondary N) is 1. The zero-order valence-electron chi connectivity index (χ0n) is 12.5. The third-order valence-corrected chi connectivity index (χ3v) is 4.47. The quantitative estimate of drug-likeness (QED) is 0.896. The lowest BCUT2D eigenvalue weighted by Gasteiger charge is -2.42. The van der Waals surface area contributed by atoms with Crippen LogP contribution in [0.3, 0.4) is 0 Å². The summed E-state index contributed by atoms with van der Waals surface area (Å²) >= 11 is 0. The second-order valence-corrected chi connectivity index (χ2v) is 5.96. The van der Waals surface area contributed by atoms with E-state index < -0.39 is 0 Å². The van der Waals surface area contributed by atoms with E-state index in [2.05, 4.69) is 38.9 Å². The van der Waals surface area contributed by atoms with Crippen LogP contribution in [-0.2, 0) is 6.54 Å². The maximum absolute atomic E-state index is 4.58. The van der Waals surface area contributed by atoms with Crippen molar-refractivity contribution in [2.24, 2.45) is 0 Å². The van der Waals surface area contributed by atoms with Gasteiger partial charge in [-0.3, -0.25) is 4.90 Å². The Labute approximate surface area is 121 Å². The van der Waals surface area contributed by atoms with Crippen LogP contribution in [0.2, 0.25) is 0 Å². The Kier molecular flexibility index (Phi) is 4.17. The fraction of sp³-hybridized carbons (Fsp3) is 0.733. The van der Waals surface area contributed by atoms with E-state index in [9.17, 15) is 0 Å². The topological polar surface area (TPSA) is 44.3 Å². The van der Waals surface area contributed by atoms with Crippen molar-refractivity contribution in [3.05, 3.63) is 18.0 Å². The highest BCUT2D eigenvalue weighted by atomic mass is 15.4. The van der Waals surface area contributed by atoms with Crippen LogP contribution in [0.1, 0.15) is 32.3 Å². The van der Waals surface area contributed by atoms with E-state index in [0.717, 1.165) is 37.7 Å². The molecule has 0 saturated carbocycles. The van der Waals surface area contributed by atoms with Crippen LogP contribution in [0.4, 0.5) is 5.95 Å². The van der Waals surface area contributed by atoms with E-state index >= 15 is 0 Å². The molecule has 5 heteroatoms. The summed E-state index contributed by atoms with van der Waals surface area (Å²) in [7, 11) is 0. The number of nitrogens with zero attached hydrogens (tertiary/aromatic N) is 4. The van der Waals surface area contributed by atoms with Crippen molar-refractivity contribution in [1.29, 1.82) is 0 Å². The molecule has 110 valence electrons. The Hall–Kier alpha value is -1.20. The Bertz CT molecular complexity index is 432. The largest absolute Gasteiger partial charge is 0.335 e. The molecule has 2 aliphatic heterocycles. The van der Waals surface area contributed by atoms with Gasteiger partial charge in [0.15, 0.2) is 0 Å². The molecule has 3 heterocycles. The summed E-state index contributed by atoms with van der Waals surface area (Å²) in [5.74, 6) is 0.893. The van der Waals surface area contributed by atoms with E-state index in [1.807, 2.05) is 12.4 Å². The molecule has 2 atom stereocenters. The van der Waals surface area contributed by atoms with Gasteiger partial charge in [-0.25, -0.2) is 9.97 Å². The zero-order valence-corrected chi connectivity index (χ0v) is 12.5. The second kappa shape index (κ2) is 6.06. The predicted octanol–water partition coefficient (Wildman–Crippen LogP) is 1.26. The Morgan fingerprint density at radius 3 is 2.85 bits per heavy atom. The molecule has 0 radical (unpaired) electrons. The van der Waals surface area contributed by atoms with Crippen molar-refractivity contribution in [2.75, 3.05) is 31.1 Å². The summed E-state index contributed by atoms with van der Waals surface area (Å²) in [6, 6.07) is 1.21. The first-order valence-corrected chi connectivity index (χ1v) is 7.80. The summed E-state index contributed by atoms with van der Waals surface area (Å²) in [5.41, 5.74) is 1.16. The van der Waals surface area contributed by atoms with Crippen molar-refractivity contribution < 1.29 is 0 Å². The molecular formula is C15H25N5. The van der Waals surface area contributed by atoms with Crippen LogP contribution >= 0.6 is 0 Å². The molecular weight excluding hydrogens is 250 g/mol. The molecule has 0 amide bonds. The Morgan fingerprint density at radius 1 is 1.30 bits per heavy atom. The Balaban J connectivity index is 1.68. The minimum absolute atomic E-state index is 0.504. The fourth-order valence-corrected chi connectivity index (χ4v) is 3.32. The number of rotatable bonds is 4. The molecule has 0 aromatic carbocycles. The van der Waals surface area contributed by atoms with Crippen LogP contribution in [-0.4, -0.2) is 53.1 Å². The molecule has 1 aromatic rings. The average Bonchev–Trinajstić information content (AvgIpc) is 2.92. The van der Waals surface area contributed by atoms with E-state index in [-0.39, 0.29) is 0 Å². The lowest BCUT2D eigenvalue weighted by Crippen LogP contribution is -2.55. The molecule has 2 fully saturated rings. The van der Waals surface area contributed by atoms with Gasteiger partial charge in [-0.1, -0.05) is 6.92 Å². The zero-order chi connectivity index (χ0) is 13.9. The second-order valence-electron chi connectivity index (χ2n) is 5.96. The van der Waals surface area contributed by atoms with Crippen LogP contribution in [0.25, 0.3) is 0 Å². The van der Waals surface area contributed by atoms with Gasteiger partial charge in [0, 0.05) is 49.7 Å². The van der Waals surface area contributed by atoms with E-state index in [4.69, 9.17) is 0 Å². The highest BCUT2D eigenvalue weighted by molar-refractivity contribution is 5.33. The first kappa shape index (κ1) is 13.8. The minimum atomic E-state index is 0.504. The number of aromatic nitrogens is 2. The van der Waals surface area contributed by atoms with Gasteiger partial charge in [0.05, 0.1) is 0 Å². The number of fused-ring (bicyclic) bond motifs is 1. The molecule has 0 aliphatic carbocycles. The van der Waals surface area contributed by atoms with Crippen LogP contribution in [0.15, 0.2) is 12.4 Å². The summed E-state index contributed by atoms with van der Waals surface area (Å²) in [6.45, 7) is 9.71. The maximum Gasteiger partial charge on any atom is 0.225 e. The molecule has 5 nitrogen and oxygen atoms in total. The van der Waals surface area contributed by atoms with Gasteiger partial charge in [-0.05, 0) is 32.9 Å². The number of hydrogen-bond acceptors (Lipinski definition) is 5. The molecule has 1 N–H and O–H groups in total. The molecule has 2 unspecified atom stereocenters. The van der Waals surface area contributed by atoms with Crippen LogP contribution in [0, 0.1) is 0 Å². The number of piperazine rings is 1. The number of hydrogen-bond donors (Lipinski definition) is 1. The molecule has 2 aliphatic rings. The van der Waals surface area contributed by atoms with Crippen molar-refractivity contribution in [2.45, 2.75) is 45.3 Å². The Morgan fingerprint density at radius 2 is 2.10 bits per heavy atom. The lowest BCUT2D eigenvalue weighted by atomic mass is 10.1. The third kappa shape index (κ3) is 2.79. The van der Waals surface area contributed by atoms with E-state index in [1.165, 1.54) is 19.4 Å². The van der Waals surface area contributed by atoms with Gasteiger partial charge in [0.2, 0.25) is 5.95 Å². The minimum Gasteiger partial charge on any atom is -0.335 e. The molecule has 0 spiro atoms. The SMILES string of the molecule is CCNCc1cnc(N2CC3CCCN3CC2C)nc1. The monoisotopic (exact) mass is 275 g/mol. The summed E-state index contributed by atoms with van der Waals surface area (Å²) in [4.78, 5) is 14.2. The van der Waals surface area contributed by atoms with Crippen molar-refractivity contribution in [1.82, 2.24) is 20.2 Å². The van der Waals surface area contributed by atoms with Crippen molar-refractivity contribution >= 4 is 5.95 Å². The highest BCUT2D eigenvalue weighted by Gasteiger charge is 2.35. The molecule has 2 saturated heterocycles. The van der Waals surface area contributed by atoms with E-state index in [0.29, 0.717) is 12.1 Å². The number of anilines is 1. The van der Waals surface area contributed by atoms with Crippen molar-refractivity contribution in [3.8, 4) is 0 Å². The molecule has 3 rings (SSSR count). The van der Waals surface area contributed by atoms with Gasteiger partial charge in [0.25, 0.3) is 0 Å². The fourth-order valence-electron chi connectivity index (χ4n) is 3.32.